The number of hydrazine groups is 1. The number of pyridine rings is 1. The van der Waals surface area contributed by atoms with Crippen LogP contribution in [0.4, 0.5) is 19.1 Å². The number of nitrogens with two attached hydrogens (primary N) is 1. The molecule has 10 heteroatoms. The largest absolute Gasteiger partial charge is 0.501 e. The lowest BCUT2D eigenvalue weighted by molar-refractivity contribution is -0.130. The van der Waals surface area contributed by atoms with Crippen molar-refractivity contribution in [3.63, 3.8) is 0 Å². The molecule has 0 amide bonds. The average molecular weight is 272 g/mol. The molecule has 0 radical (unpaired) electrons. The number of halogens is 3. The smallest absolute Gasteiger partial charge is 0.479 e. The minimum absolute atomic E-state index is 0.171. The maximum atomic E-state index is 12.4. The maximum absolute atomic E-state index is 12.4. The third kappa shape index (κ3) is 2.85. The predicted octanol–water partition coefficient (Wildman–Crippen LogP) is 0.839. The maximum Gasteiger partial charge on any atom is 0.501 e. The minimum atomic E-state index is -4.87. The molecule has 2 aromatic heterocycles. The molecule has 0 aromatic carbocycles. The fourth-order valence-electron chi connectivity index (χ4n) is 1.20. The number of rotatable bonds is 2. The Hall–Kier alpha value is -2.49. The first kappa shape index (κ1) is 13.0. The van der Waals surface area contributed by atoms with Crippen LogP contribution in [0.3, 0.4) is 0 Å². The van der Waals surface area contributed by atoms with E-state index in [0.717, 1.165) is 0 Å². The van der Waals surface area contributed by atoms with Gasteiger partial charge in [0.1, 0.15) is 0 Å². The van der Waals surface area contributed by atoms with Crippen molar-refractivity contribution in [2.45, 2.75) is 6.30 Å². The number of nitrogens with zero attached hydrogens (tertiary/aromatic N) is 5. The fraction of sp³-hybridized carbons (Fsp3) is 0.111. The number of aromatic nitrogens is 4. The molecular weight excluding hydrogens is 265 g/mol. The van der Waals surface area contributed by atoms with Crippen molar-refractivity contribution in [1.82, 2.24) is 19.9 Å². The Kier molecular flexibility index (Phi) is 3.17. The highest BCUT2D eigenvalue weighted by Gasteiger charge is 2.38. The van der Waals surface area contributed by atoms with Crippen molar-refractivity contribution < 1.29 is 18.3 Å². The molecule has 19 heavy (non-hydrogen) atoms. The van der Waals surface area contributed by atoms with Crippen molar-refractivity contribution in [3.05, 3.63) is 24.5 Å². The van der Waals surface area contributed by atoms with Gasteiger partial charge >= 0.3 is 12.3 Å². The Bertz CT molecular complexity index is 576. The second-order valence-electron chi connectivity index (χ2n) is 3.34. The lowest BCUT2D eigenvalue weighted by Crippen LogP contribution is -2.45. The Morgan fingerprint density at radius 1 is 1.21 bits per heavy atom. The lowest BCUT2D eigenvalue weighted by atomic mass is 10.3. The molecule has 3 N–H and O–H groups in total. The first-order valence-electron chi connectivity index (χ1n) is 4.85. The standard InChI is InChI=1S/C9H7F3N6O/c10-9(11,12)18(13)7-15-6(16-8(19)17-7)5-2-1-3-14-4-5/h1-4H,13H2,(H,15,16,17,19). The Morgan fingerprint density at radius 2 is 1.95 bits per heavy atom. The average Bonchev–Trinajstić information content (AvgIpc) is 2.37. The zero-order chi connectivity index (χ0) is 14.0. The summed E-state index contributed by atoms with van der Waals surface area (Å²) in [6.45, 7) is 0. The first-order chi connectivity index (χ1) is 8.88. The molecule has 0 fully saturated rings. The van der Waals surface area contributed by atoms with E-state index in [0.29, 0.717) is 5.56 Å². The van der Waals surface area contributed by atoms with Gasteiger partial charge in [-0.25, -0.2) is 5.84 Å². The van der Waals surface area contributed by atoms with Gasteiger partial charge < -0.3 is 5.11 Å². The first-order valence-corrected chi connectivity index (χ1v) is 4.85. The number of hydrogen-bond donors (Lipinski definition) is 2. The van der Waals surface area contributed by atoms with Crippen molar-refractivity contribution >= 4 is 5.95 Å². The van der Waals surface area contributed by atoms with Crippen LogP contribution in [0.15, 0.2) is 24.5 Å². The summed E-state index contributed by atoms with van der Waals surface area (Å²) >= 11 is 0. The van der Waals surface area contributed by atoms with E-state index in [4.69, 9.17) is 5.84 Å². The van der Waals surface area contributed by atoms with Crippen LogP contribution in [0.1, 0.15) is 0 Å². The minimum Gasteiger partial charge on any atom is -0.479 e. The van der Waals surface area contributed by atoms with Crippen LogP contribution in [0, 0.1) is 0 Å². The summed E-state index contributed by atoms with van der Waals surface area (Å²) in [5.41, 5.74) is 0.317. The Labute approximate surface area is 104 Å². The van der Waals surface area contributed by atoms with E-state index >= 15 is 0 Å². The fourth-order valence-corrected chi connectivity index (χ4v) is 1.20. The summed E-state index contributed by atoms with van der Waals surface area (Å²) in [7, 11) is 0. The van der Waals surface area contributed by atoms with Gasteiger partial charge in [0.05, 0.1) is 0 Å². The van der Waals surface area contributed by atoms with Crippen molar-refractivity contribution in [1.29, 1.82) is 0 Å². The third-order valence-electron chi connectivity index (χ3n) is 2.02. The van der Waals surface area contributed by atoms with Gasteiger partial charge in [-0.1, -0.05) is 0 Å². The van der Waals surface area contributed by atoms with E-state index in [1.165, 1.54) is 18.5 Å². The lowest BCUT2D eigenvalue weighted by Gasteiger charge is -2.19. The van der Waals surface area contributed by atoms with Crippen molar-refractivity contribution in [2.75, 3.05) is 5.01 Å². The summed E-state index contributed by atoms with van der Waals surface area (Å²) in [4.78, 5) is 13.9. The number of anilines is 1. The van der Waals surface area contributed by atoms with E-state index in [-0.39, 0.29) is 5.82 Å². The van der Waals surface area contributed by atoms with Gasteiger partial charge in [0.2, 0.25) is 0 Å². The summed E-state index contributed by atoms with van der Waals surface area (Å²) in [6.07, 6.45) is -2.08. The molecule has 0 unspecified atom stereocenters. The Morgan fingerprint density at radius 3 is 2.53 bits per heavy atom. The van der Waals surface area contributed by atoms with Crippen LogP contribution in [0.5, 0.6) is 6.01 Å². The van der Waals surface area contributed by atoms with Crippen LogP contribution in [-0.4, -0.2) is 31.3 Å². The van der Waals surface area contributed by atoms with Crippen molar-refractivity contribution in [3.8, 4) is 17.4 Å². The van der Waals surface area contributed by atoms with Crippen LogP contribution in [0.25, 0.3) is 11.4 Å². The second kappa shape index (κ2) is 4.65. The van der Waals surface area contributed by atoms with E-state index in [2.05, 4.69) is 19.9 Å². The van der Waals surface area contributed by atoms with E-state index in [9.17, 15) is 18.3 Å². The molecule has 2 aromatic rings. The molecule has 2 heterocycles. The summed E-state index contributed by atoms with van der Waals surface area (Å²) < 4.78 is 37.2. The third-order valence-corrected chi connectivity index (χ3v) is 2.02. The SMILES string of the molecule is NN(c1nc(O)nc(-c2cccnc2)n1)C(F)(F)F. The van der Waals surface area contributed by atoms with Gasteiger partial charge in [-0.05, 0) is 12.1 Å². The summed E-state index contributed by atoms with van der Waals surface area (Å²) in [6, 6.07) is 2.18. The highest BCUT2D eigenvalue weighted by molar-refractivity contribution is 5.55. The van der Waals surface area contributed by atoms with Gasteiger partial charge in [-0.2, -0.15) is 20.0 Å². The molecule has 0 bridgehead atoms. The van der Waals surface area contributed by atoms with Crippen LogP contribution >= 0.6 is 0 Å². The predicted molar refractivity (Wildman–Crippen MR) is 57.4 cm³/mol. The normalized spacial score (nSPS) is 11.4. The Balaban J connectivity index is 2.47. The number of hydrogen-bond acceptors (Lipinski definition) is 7. The zero-order valence-electron chi connectivity index (χ0n) is 9.20. The van der Waals surface area contributed by atoms with E-state index < -0.39 is 23.3 Å². The monoisotopic (exact) mass is 272 g/mol. The molecule has 0 aliphatic rings. The van der Waals surface area contributed by atoms with Gasteiger partial charge in [-0.15, -0.1) is 13.2 Å². The van der Waals surface area contributed by atoms with Gasteiger partial charge in [0.15, 0.2) is 5.82 Å². The summed E-state index contributed by atoms with van der Waals surface area (Å²) in [5.74, 6) is 3.73. The van der Waals surface area contributed by atoms with Crippen LogP contribution < -0.4 is 10.9 Å². The molecule has 0 aliphatic heterocycles. The van der Waals surface area contributed by atoms with Crippen LogP contribution in [0.2, 0.25) is 0 Å². The number of alkyl halides is 3. The highest BCUT2D eigenvalue weighted by atomic mass is 19.4. The quantitative estimate of drug-likeness (QED) is 0.474. The number of aromatic hydroxyl groups is 1. The molecule has 0 aliphatic carbocycles. The zero-order valence-corrected chi connectivity index (χ0v) is 9.20. The topological polar surface area (TPSA) is 101 Å². The van der Waals surface area contributed by atoms with E-state index in [1.807, 2.05) is 0 Å². The highest BCUT2D eigenvalue weighted by Crippen LogP contribution is 2.24. The van der Waals surface area contributed by atoms with E-state index in [1.54, 1.807) is 6.07 Å². The molecule has 2 rings (SSSR count). The summed E-state index contributed by atoms with van der Waals surface area (Å²) in [5, 5.41) is 8.62. The van der Waals surface area contributed by atoms with Gasteiger partial charge in [-0.3, -0.25) is 4.98 Å². The molecule has 0 spiro atoms. The van der Waals surface area contributed by atoms with Crippen molar-refractivity contribution in [2.24, 2.45) is 5.84 Å². The molecule has 0 saturated heterocycles. The van der Waals surface area contributed by atoms with Crippen LogP contribution in [-0.2, 0) is 0 Å². The van der Waals surface area contributed by atoms with Gasteiger partial charge in [0.25, 0.3) is 5.95 Å². The van der Waals surface area contributed by atoms with Gasteiger partial charge in [0, 0.05) is 18.0 Å². The molecule has 100 valence electrons. The molecule has 0 atom stereocenters. The molecule has 0 saturated carbocycles. The molecular formula is C9H7F3N6O. The molecule has 7 nitrogen and oxygen atoms in total. The second-order valence-corrected chi connectivity index (χ2v) is 3.34.